The van der Waals surface area contributed by atoms with E-state index < -0.39 is 11.5 Å². The Kier molecular flexibility index (Phi) is 6.93. The van der Waals surface area contributed by atoms with Gasteiger partial charge in [-0.3, -0.25) is 9.59 Å². The lowest BCUT2D eigenvalue weighted by Gasteiger charge is -2.38. The van der Waals surface area contributed by atoms with Crippen LogP contribution in [0.25, 0.3) is 0 Å². The van der Waals surface area contributed by atoms with E-state index in [1.165, 1.54) is 0 Å². The minimum absolute atomic E-state index is 0.0393. The smallest absolute Gasteiger partial charge is 0.242 e. The van der Waals surface area contributed by atoms with Gasteiger partial charge in [0.1, 0.15) is 6.04 Å². The molecule has 0 aliphatic carbocycles. The zero-order chi connectivity index (χ0) is 19.3. The number of nitrogens with one attached hydrogen (secondary N) is 3. The van der Waals surface area contributed by atoms with Gasteiger partial charge in [-0.05, 0) is 57.5 Å². The zero-order valence-corrected chi connectivity index (χ0v) is 16.8. The van der Waals surface area contributed by atoms with Gasteiger partial charge in [-0.25, -0.2) is 0 Å². The maximum atomic E-state index is 13.3. The molecule has 3 N–H and O–H groups in total. The van der Waals surface area contributed by atoms with Crippen LogP contribution in [0.5, 0.6) is 0 Å². The molecule has 0 aromatic heterocycles. The molecule has 3 rings (SSSR count). The van der Waals surface area contributed by atoms with Gasteiger partial charge in [0.2, 0.25) is 11.8 Å². The Labute approximate surface area is 162 Å². The monoisotopic (exact) mass is 377 g/mol. The van der Waals surface area contributed by atoms with E-state index in [0.29, 0.717) is 31.5 Å². The van der Waals surface area contributed by atoms with Gasteiger partial charge in [0, 0.05) is 18.6 Å². The summed E-state index contributed by atoms with van der Waals surface area (Å²) in [4.78, 5) is 26.3. The average molecular weight is 378 g/mol. The fraction of sp³-hybridized carbons (Fsp3) is 0.810. The number of hydrogen-bond donors (Lipinski definition) is 3. The summed E-state index contributed by atoms with van der Waals surface area (Å²) < 4.78 is 5.65. The third kappa shape index (κ3) is 5.11. The number of carbonyl (C=O) groups is 2. The van der Waals surface area contributed by atoms with Crippen LogP contribution in [0.3, 0.4) is 0 Å². The van der Waals surface area contributed by atoms with Gasteiger partial charge in [-0.1, -0.05) is 26.0 Å². The van der Waals surface area contributed by atoms with Gasteiger partial charge in [0.25, 0.3) is 0 Å². The topological polar surface area (TPSA) is 79.5 Å². The number of piperidine rings is 1. The van der Waals surface area contributed by atoms with Crippen molar-refractivity contribution in [2.45, 2.75) is 64.5 Å². The third-order valence-corrected chi connectivity index (χ3v) is 6.29. The number of rotatable bonds is 2. The molecule has 0 unspecified atom stereocenters. The molecule has 3 aliphatic rings. The highest BCUT2D eigenvalue weighted by Crippen LogP contribution is 2.34. The van der Waals surface area contributed by atoms with Gasteiger partial charge < -0.3 is 20.7 Å². The minimum Gasteiger partial charge on any atom is -0.381 e. The Morgan fingerprint density at radius 3 is 2.70 bits per heavy atom. The first-order valence-electron chi connectivity index (χ1n) is 10.5. The number of ether oxygens (including phenoxy) is 1. The van der Waals surface area contributed by atoms with Crippen LogP contribution in [0.4, 0.5) is 0 Å². The zero-order valence-electron chi connectivity index (χ0n) is 16.8. The summed E-state index contributed by atoms with van der Waals surface area (Å²) in [5.41, 5.74) is -0.404. The molecule has 2 saturated heterocycles. The highest BCUT2D eigenvalue weighted by Gasteiger charge is 2.41. The molecule has 3 heterocycles. The molecule has 0 bridgehead atoms. The third-order valence-electron chi connectivity index (χ3n) is 6.29. The molecule has 2 amide bonds. The minimum atomic E-state index is -0.462. The fourth-order valence-corrected chi connectivity index (χ4v) is 4.53. The molecular weight excluding hydrogens is 342 g/mol. The molecule has 6 heteroatoms. The molecule has 0 radical (unpaired) electrons. The van der Waals surface area contributed by atoms with Crippen molar-refractivity contribution in [2.75, 3.05) is 26.3 Å². The lowest BCUT2D eigenvalue weighted by Crippen LogP contribution is -2.57. The van der Waals surface area contributed by atoms with Crippen molar-refractivity contribution in [3.8, 4) is 0 Å². The molecule has 2 fully saturated rings. The second-order valence-electron chi connectivity index (χ2n) is 8.84. The Morgan fingerprint density at radius 1 is 1.19 bits per heavy atom. The van der Waals surface area contributed by atoms with E-state index in [-0.39, 0.29) is 17.9 Å². The van der Waals surface area contributed by atoms with Crippen LogP contribution in [-0.4, -0.2) is 50.2 Å². The van der Waals surface area contributed by atoms with E-state index in [1.54, 1.807) is 0 Å². The van der Waals surface area contributed by atoms with Gasteiger partial charge in [-0.15, -0.1) is 0 Å². The molecule has 3 atom stereocenters. The van der Waals surface area contributed by atoms with Crippen molar-refractivity contribution in [1.82, 2.24) is 16.0 Å². The summed E-state index contributed by atoms with van der Waals surface area (Å²) in [5, 5.41) is 9.71. The lowest BCUT2D eigenvalue weighted by atomic mass is 9.74. The first-order chi connectivity index (χ1) is 13.0. The Morgan fingerprint density at radius 2 is 1.96 bits per heavy atom. The second kappa shape index (κ2) is 9.20. The summed E-state index contributed by atoms with van der Waals surface area (Å²) in [6, 6.07) is -0.342. The Balaban J connectivity index is 1.85. The van der Waals surface area contributed by atoms with Gasteiger partial charge in [0.15, 0.2) is 0 Å². The normalized spacial score (nSPS) is 32.2. The first kappa shape index (κ1) is 20.3. The largest absolute Gasteiger partial charge is 0.381 e. The van der Waals surface area contributed by atoms with Gasteiger partial charge in [0.05, 0.1) is 12.0 Å². The SMILES string of the molecule is CC(C)C[C@H]1NC(=O)C2(CC=CC[C@@H]3COCC[C@@H]3NC1=O)CCNCC2. The van der Waals surface area contributed by atoms with Crippen LogP contribution in [0, 0.1) is 17.3 Å². The van der Waals surface area contributed by atoms with E-state index in [9.17, 15) is 9.59 Å². The molecular formula is C21H35N3O3. The number of carbonyl (C=O) groups excluding carboxylic acids is 2. The van der Waals surface area contributed by atoms with E-state index in [2.05, 4.69) is 41.9 Å². The molecule has 6 nitrogen and oxygen atoms in total. The predicted octanol–water partition coefficient (Wildman–Crippen LogP) is 1.76. The van der Waals surface area contributed by atoms with Gasteiger partial charge in [-0.2, -0.15) is 0 Å². The number of fused-ring (bicyclic) bond motifs is 1. The summed E-state index contributed by atoms with van der Waals surface area (Å²) in [6.07, 6.45) is 9.12. The van der Waals surface area contributed by atoms with Crippen molar-refractivity contribution in [3.05, 3.63) is 12.2 Å². The van der Waals surface area contributed by atoms with E-state index in [0.717, 1.165) is 45.2 Å². The van der Waals surface area contributed by atoms with E-state index >= 15 is 0 Å². The van der Waals surface area contributed by atoms with Crippen LogP contribution >= 0.6 is 0 Å². The van der Waals surface area contributed by atoms with E-state index in [1.807, 2.05) is 0 Å². The molecule has 27 heavy (non-hydrogen) atoms. The standard InChI is InChI=1S/C21H35N3O3/c1-15(2)13-18-19(25)23-17-6-12-27-14-16(17)5-3-4-7-21(20(26)24-18)8-10-22-11-9-21/h3-4,15-18,22H,5-14H2,1-2H3,(H,23,25)(H,24,26)/t16-,17+,18-/m1/s1. The van der Waals surface area contributed by atoms with Crippen molar-refractivity contribution in [1.29, 1.82) is 0 Å². The van der Waals surface area contributed by atoms with Crippen LogP contribution in [0.2, 0.25) is 0 Å². The molecule has 0 saturated carbocycles. The van der Waals surface area contributed by atoms with Crippen molar-refractivity contribution < 1.29 is 14.3 Å². The van der Waals surface area contributed by atoms with Crippen LogP contribution < -0.4 is 16.0 Å². The predicted molar refractivity (Wildman–Crippen MR) is 105 cm³/mol. The molecule has 0 aromatic carbocycles. The summed E-state index contributed by atoms with van der Waals surface area (Å²) in [5.74, 6) is 0.641. The van der Waals surface area contributed by atoms with E-state index in [4.69, 9.17) is 4.74 Å². The van der Waals surface area contributed by atoms with Crippen molar-refractivity contribution >= 4 is 11.8 Å². The first-order valence-corrected chi connectivity index (χ1v) is 10.5. The lowest BCUT2D eigenvalue weighted by molar-refractivity contribution is -0.137. The number of allylic oxidation sites excluding steroid dienone is 2. The van der Waals surface area contributed by atoms with Crippen LogP contribution in [-0.2, 0) is 14.3 Å². The van der Waals surface area contributed by atoms with Crippen LogP contribution in [0.1, 0.15) is 52.4 Å². The molecule has 152 valence electrons. The highest BCUT2D eigenvalue weighted by atomic mass is 16.5. The maximum Gasteiger partial charge on any atom is 0.242 e. The van der Waals surface area contributed by atoms with Crippen molar-refractivity contribution in [2.24, 2.45) is 17.3 Å². The summed E-state index contributed by atoms with van der Waals surface area (Å²) in [7, 11) is 0. The number of amides is 2. The summed E-state index contributed by atoms with van der Waals surface area (Å²) >= 11 is 0. The van der Waals surface area contributed by atoms with Gasteiger partial charge >= 0.3 is 0 Å². The highest BCUT2D eigenvalue weighted by molar-refractivity contribution is 5.90. The summed E-state index contributed by atoms with van der Waals surface area (Å²) in [6.45, 7) is 7.25. The number of hydrogen-bond acceptors (Lipinski definition) is 4. The van der Waals surface area contributed by atoms with Crippen LogP contribution in [0.15, 0.2) is 12.2 Å². The molecule has 1 spiro atoms. The second-order valence-corrected chi connectivity index (χ2v) is 8.84. The Bertz CT molecular complexity index is 555. The van der Waals surface area contributed by atoms with Crippen molar-refractivity contribution in [3.63, 3.8) is 0 Å². The quantitative estimate of drug-likeness (QED) is 0.641. The maximum absolute atomic E-state index is 13.3. The fourth-order valence-electron chi connectivity index (χ4n) is 4.53. The molecule has 3 aliphatic heterocycles. The average Bonchev–Trinajstić information content (AvgIpc) is 2.65. The molecule has 0 aromatic rings. The Hall–Kier alpha value is -1.40.